The van der Waals surface area contributed by atoms with Gasteiger partial charge in [-0.15, -0.1) is 0 Å². The highest BCUT2D eigenvalue weighted by Crippen LogP contribution is 2.27. The van der Waals surface area contributed by atoms with Crippen molar-refractivity contribution < 1.29 is 15.0 Å². The van der Waals surface area contributed by atoms with E-state index >= 15 is 0 Å². The van der Waals surface area contributed by atoms with Crippen LogP contribution in [-0.2, 0) is 0 Å². The normalized spacial score (nSPS) is 14.8. The Morgan fingerprint density at radius 2 is 2.21 bits per heavy atom. The molecule has 0 spiro atoms. The molecular weight excluding hydrogens is 244 g/mol. The summed E-state index contributed by atoms with van der Waals surface area (Å²) < 4.78 is 0. The number of hydrogen-bond acceptors (Lipinski definition) is 4. The molecule has 1 heterocycles. The van der Waals surface area contributed by atoms with Gasteiger partial charge in [-0.25, -0.2) is 0 Å². The van der Waals surface area contributed by atoms with Crippen molar-refractivity contribution >= 4 is 5.91 Å². The number of carbonyl (C=O) groups is 1. The Morgan fingerprint density at radius 3 is 2.95 bits per heavy atom. The van der Waals surface area contributed by atoms with Crippen LogP contribution < -0.4 is 10.6 Å². The molecule has 19 heavy (non-hydrogen) atoms. The molecule has 5 heteroatoms. The first-order valence-corrected chi connectivity index (χ1v) is 6.36. The Morgan fingerprint density at radius 1 is 1.37 bits per heavy atom. The summed E-state index contributed by atoms with van der Waals surface area (Å²) in [5, 5.41) is 24.9. The van der Waals surface area contributed by atoms with Crippen LogP contribution in [0, 0.1) is 0 Å². The predicted octanol–water partition coefficient (Wildman–Crippen LogP) is 1.14. The summed E-state index contributed by atoms with van der Waals surface area (Å²) in [6.07, 6.45) is 3.96. The van der Waals surface area contributed by atoms with Crippen molar-refractivity contribution in [1.29, 1.82) is 0 Å². The maximum absolute atomic E-state index is 11.8. The second-order valence-electron chi connectivity index (χ2n) is 4.50. The molecule has 0 saturated heterocycles. The minimum Gasteiger partial charge on any atom is -0.504 e. The van der Waals surface area contributed by atoms with Gasteiger partial charge in [-0.1, -0.05) is 17.7 Å². The van der Waals surface area contributed by atoms with Crippen molar-refractivity contribution in [3.63, 3.8) is 0 Å². The summed E-state index contributed by atoms with van der Waals surface area (Å²) in [5.41, 5.74) is 1.43. The summed E-state index contributed by atoms with van der Waals surface area (Å²) in [7, 11) is 0. The lowest BCUT2D eigenvalue weighted by Crippen LogP contribution is -2.26. The van der Waals surface area contributed by atoms with E-state index in [0.717, 1.165) is 25.9 Å². The average molecular weight is 262 g/mol. The fraction of sp³-hybridized carbons (Fsp3) is 0.357. The highest BCUT2D eigenvalue weighted by molar-refractivity contribution is 5.97. The smallest absolute Gasteiger partial charge is 0.255 e. The molecule has 102 valence electrons. The fourth-order valence-electron chi connectivity index (χ4n) is 2.04. The molecule has 0 fully saturated rings. The van der Waals surface area contributed by atoms with Crippen LogP contribution >= 0.6 is 0 Å². The van der Waals surface area contributed by atoms with Crippen LogP contribution in [0.15, 0.2) is 29.8 Å². The lowest BCUT2D eigenvalue weighted by atomic mass is 10.1. The molecule has 1 aliphatic heterocycles. The summed E-state index contributed by atoms with van der Waals surface area (Å²) in [5.74, 6) is -1.03. The van der Waals surface area contributed by atoms with E-state index in [9.17, 15) is 15.0 Å². The Labute approximate surface area is 112 Å². The van der Waals surface area contributed by atoms with Gasteiger partial charge in [0.25, 0.3) is 5.91 Å². The largest absolute Gasteiger partial charge is 0.504 e. The number of nitrogens with one attached hydrogen (secondary N) is 2. The molecular formula is C14H18N2O3. The molecule has 1 amide bonds. The molecule has 1 aromatic rings. The number of phenolic OH excluding ortho intramolecular Hbond substituents is 2. The van der Waals surface area contributed by atoms with E-state index < -0.39 is 0 Å². The SMILES string of the molecule is O=C(NCCC1=CCNCC1)c1cccc(O)c1O. The van der Waals surface area contributed by atoms with E-state index in [2.05, 4.69) is 16.7 Å². The Hall–Kier alpha value is -2.01. The first-order valence-electron chi connectivity index (χ1n) is 6.36. The van der Waals surface area contributed by atoms with Crippen molar-refractivity contribution in [2.24, 2.45) is 0 Å². The molecule has 0 saturated carbocycles. The van der Waals surface area contributed by atoms with E-state index in [1.807, 2.05) is 0 Å². The number of phenols is 2. The van der Waals surface area contributed by atoms with Gasteiger partial charge in [0.1, 0.15) is 0 Å². The molecule has 1 aliphatic rings. The minimum absolute atomic E-state index is 0.0966. The molecule has 0 bridgehead atoms. The van der Waals surface area contributed by atoms with Gasteiger partial charge in [0.15, 0.2) is 11.5 Å². The van der Waals surface area contributed by atoms with Crippen molar-refractivity contribution in [2.45, 2.75) is 12.8 Å². The van der Waals surface area contributed by atoms with Crippen LogP contribution in [0.4, 0.5) is 0 Å². The molecule has 0 aromatic heterocycles. The van der Waals surface area contributed by atoms with Crippen molar-refractivity contribution in [3.8, 4) is 11.5 Å². The topological polar surface area (TPSA) is 81.6 Å². The van der Waals surface area contributed by atoms with Crippen LogP contribution in [-0.4, -0.2) is 35.8 Å². The lowest BCUT2D eigenvalue weighted by Gasteiger charge is -2.14. The summed E-state index contributed by atoms with van der Waals surface area (Å²) in [6.45, 7) is 2.39. The number of hydrogen-bond donors (Lipinski definition) is 4. The van der Waals surface area contributed by atoms with Gasteiger partial charge < -0.3 is 20.8 Å². The predicted molar refractivity (Wildman–Crippen MR) is 72.3 cm³/mol. The van der Waals surface area contributed by atoms with Crippen LogP contribution in [0.3, 0.4) is 0 Å². The minimum atomic E-state index is -0.374. The maximum Gasteiger partial charge on any atom is 0.255 e. The Balaban J connectivity index is 1.87. The molecule has 0 atom stereocenters. The zero-order chi connectivity index (χ0) is 13.7. The monoisotopic (exact) mass is 262 g/mol. The second kappa shape index (κ2) is 6.24. The van der Waals surface area contributed by atoms with Gasteiger partial charge in [-0.3, -0.25) is 4.79 Å². The average Bonchev–Trinajstić information content (AvgIpc) is 2.43. The lowest BCUT2D eigenvalue weighted by molar-refractivity contribution is 0.0950. The molecule has 5 nitrogen and oxygen atoms in total. The van der Waals surface area contributed by atoms with Crippen LogP contribution in [0.25, 0.3) is 0 Å². The van der Waals surface area contributed by atoms with Crippen LogP contribution in [0.2, 0.25) is 0 Å². The number of para-hydroxylation sites is 1. The quantitative estimate of drug-likeness (QED) is 0.484. The fourth-order valence-corrected chi connectivity index (χ4v) is 2.04. The number of benzene rings is 1. The zero-order valence-electron chi connectivity index (χ0n) is 10.6. The maximum atomic E-state index is 11.8. The van der Waals surface area contributed by atoms with Gasteiger partial charge in [0, 0.05) is 13.1 Å². The number of rotatable bonds is 4. The third-order valence-electron chi connectivity index (χ3n) is 3.15. The third-order valence-corrected chi connectivity index (χ3v) is 3.15. The number of aromatic hydroxyl groups is 2. The van der Waals surface area contributed by atoms with Crippen LogP contribution in [0.1, 0.15) is 23.2 Å². The summed E-state index contributed by atoms with van der Waals surface area (Å²) in [6, 6.07) is 4.35. The van der Waals surface area contributed by atoms with Gasteiger partial charge in [0.05, 0.1) is 5.56 Å². The van der Waals surface area contributed by atoms with E-state index in [4.69, 9.17) is 0 Å². The van der Waals surface area contributed by atoms with Gasteiger partial charge in [0.2, 0.25) is 0 Å². The summed E-state index contributed by atoms with van der Waals surface area (Å²) in [4.78, 5) is 11.8. The van der Waals surface area contributed by atoms with Gasteiger partial charge in [-0.05, 0) is 31.5 Å². The Kier molecular flexibility index (Phi) is 4.41. The summed E-state index contributed by atoms with van der Waals surface area (Å²) >= 11 is 0. The van der Waals surface area contributed by atoms with Crippen LogP contribution in [0.5, 0.6) is 11.5 Å². The van der Waals surface area contributed by atoms with Crippen molar-refractivity contribution in [3.05, 3.63) is 35.4 Å². The highest BCUT2D eigenvalue weighted by Gasteiger charge is 2.13. The standard InChI is InChI=1S/C14H18N2O3/c17-12-3-1-2-11(13(12)18)14(19)16-9-6-10-4-7-15-8-5-10/h1-4,15,17-18H,5-9H2,(H,16,19). The van der Waals surface area contributed by atoms with E-state index in [1.54, 1.807) is 0 Å². The van der Waals surface area contributed by atoms with E-state index in [0.29, 0.717) is 6.54 Å². The molecule has 0 radical (unpaired) electrons. The first kappa shape index (κ1) is 13.4. The molecule has 0 aliphatic carbocycles. The Bertz CT molecular complexity index is 497. The number of carbonyl (C=O) groups excluding carboxylic acids is 1. The molecule has 4 N–H and O–H groups in total. The molecule has 1 aromatic carbocycles. The third kappa shape index (κ3) is 3.48. The van der Waals surface area contributed by atoms with Gasteiger partial charge in [-0.2, -0.15) is 0 Å². The molecule has 0 unspecified atom stereocenters. The van der Waals surface area contributed by atoms with Crippen molar-refractivity contribution in [2.75, 3.05) is 19.6 Å². The highest BCUT2D eigenvalue weighted by atomic mass is 16.3. The van der Waals surface area contributed by atoms with Crippen molar-refractivity contribution in [1.82, 2.24) is 10.6 Å². The first-order chi connectivity index (χ1) is 9.18. The van der Waals surface area contributed by atoms with Gasteiger partial charge >= 0.3 is 0 Å². The zero-order valence-corrected chi connectivity index (χ0v) is 10.6. The molecule has 2 rings (SSSR count). The number of amides is 1. The van der Waals surface area contributed by atoms with E-state index in [1.165, 1.54) is 23.8 Å². The van der Waals surface area contributed by atoms with E-state index in [-0.39, 0.29) is 23.0 Å². The second-order valence-corrected chi connectivity index (χ2v) is 4.50.